The van der Waals surface area contributed by atoms with Crippen molar-refractivity contribution < 1.29 is 24.2 Å². The lowest BCUT2D eigenvalue weighted by Crippen LogP contribution is -2.22. The second kappa shape index (κ2) is 20.3. The molecule has 35 heavy (non-hydrogen) atoms. The van der Waals surface area contributed by atoms with Crippen LogP contribution in [-0.2, 0) is 19.1 Å². The van der Waals surface area contributed by atoms with E-state index >= 15 is 0 Å². The normalized spacial score (nSPS) is 17.9. The van der Waals surface area contributed by atoms with E-state index in [4.69, 9.17) is 9.84 Å². The van der Waals surface area contributed by atoms with Crippen LogP contribution in [0.2, 0.25) is 0 Å². The highest BCUT2D eigenvalue weighted by Gasteiger charge is 2.39. The van der Waals surface area contributed by atoms with Crippen LogP contribution < -0.4 is 0 Å². The van der Waals surface area contributed by atoms with Gasteiger partial charge >= 0.3 is 17.9 Å². The van der Waals surface area contributed by atoms with Crippen molar-refractivity contribution in [1.82, 2.24) is 0 Å². The second-order valence-corrected chi connectivity index (χ2v) is 10.2. The number of hydrogen-bond donors (Lipinski definition) is 1. The van der Waals surface area contributed by atoms with Gasteiger partial charge in [-0.1, -0.05) is 89.5 Å². The van der Waals surface area contributed by atoms with Crippen molar-refractivity contribution in [2.75, 3.05) is 0 Å². The average molecular weight is 491 g/mol. The number of carboxylic acid groups (broad SMARTS) is 1. The maximum absolute atomic E-state index is 12.4. The topological polar surface area (TPSA) is 80.7 Å². The predicted octanol–water partition coefficient (Wildman–Crippen LogP) is 8.18. The molecular formula is C30H50O5. The van der Waals surface area contributed by atoms with Crippen molar-refractivity contribution in [1.29, 1.82) is 0 Å². The molecule has 0 aromatic rings. The minimum atomic E-state index is -0.734. The van der Waals surface area contributed by atoms with Gasteiger partial charge in [0.05, 0.1) is 12.3 Å². The Kier molecular flexibility index (Phi) is 18.0. The van der Waals surface area contributed by atoms with Crippen LogP contribution in [0.1, 0.15) is 129 Å². The Bertz CT molecular complexity index is 651. The van der Waals surface area contributed by atoms with Crippen molar-refractivity contribution in [2.45, 2.75) is 129 Å². The van der Waals surface area contributed by atoms with Crippen LogP contribution in [0.5, 0.6) is 0 Å². The Balaban J connectivity index is 2.70. The standard InChI is InChI=1S/C30H50O5/c1-3-5-7-9-12-16-20-25(19-15-11-8-6-4-2)23-26(27-24-29(33)35-30(27)34)21-17-13-10-14-18-22-28(31)32/h12,15-16,19,25-27H,3-11,13-14,17-18,20-24H2,1-2H3,(H,31,32)/b16-12+,19-15+. The first-order valence-corrected chi connectivity index (χ1v) is 14.3. The highest BCUT2D eigenvalue weighted by Crippen LogP contribution is 2.35. The van der Waals surface area contributed by atoms with E-state index in [0.29, 0.717) is 5.92 Å². The van der Waals surface area contributed by atoms with Gasteiger partial charge in [-0.25, -0.2) is 0 Å². The number of hydrogen-bond acceptors (Lipinski definition) is 4. The molecule has 0 aliphatic carbocycles. The van der Waals surface area contributed by atoms with E-state index in [0.717, 1.165) is 64.2 Å². The zero-order valence-electron chi connectivity index (χ0n) is 22.3. The van der Waals surface area contributed by atoms with E-state index in [9.17, 15) is 14.4 Å². The minimum absolute atomic E-state index is 0.145. The van der Waals surface area contributed by atoms with Gasteiger partial charge in [-0.3, -0.25) is 14.4 Å². The summed E-state index contributed by atoms with van der Waals surface area (Å²) in [7, 11) is 0. The van der Waals surface area contributed by atoms with Gasteiger partial charge in [-0.2, -0.15) is 0 Å². The van der Waals surface area contributed by atoms with Crippen molar-refractivity contribution in [3.05, 3.63) is 24.3 Å². The number of ether oxygens (including phenoxy) is 1. The molecule has 0 saturated carbocycles. The molecule has 0 bridgehead atoms. The zero-order valence-corrected chi connectivity index (χ0v) is 22.3. The molecule has 1 rings (SSSR count). The summed E-state index contributed by atoms with van der Waals surface area (Å²) in [5.74, 6) is -1.28. The fraction of sp³-hybridized carbons (Fsp3) is 0.767. The van der Waals surface area contributed by atoms with Gasteiger partial charge < -0.3 is 9.84 Å². The molecule has 1 N–H and O–H groups in total. The molecule has 200 valence electrons. The highest BCUT2D eigenvalue weighted by atomic mass is 16.6. The summed E-state index contributed by atoms with van der Waals surface area (Å²) in [5, 5.41) is 8.78. The first-order chi connectivity index (χ1) is 17.0. The van der Waals surface area contributed by atoms with Crippen LogP contribution in [0, 0.1) is 17.8 Å². The Morgan fingerprint density at radius 3 is 2.20 bits per heavy atom. The molecule has 0 amide bonds. The van der Waals surface area contributed by atoms with Gasteiger partial charge in [0.15, 0.2) is 0 Å². The molecule has 1 fully saturated rings. The van der Waals surface area contributed by atoms with E-state index in [1.807, 2.05) is 0 Å². The zero-order chi connectivity index (χ0) is 25.7. The van der Waals surface area contributed by atoms with Crippen LogP contribution in [0.4, 0.5) is 0 Å². The Morgan fingerprint density at radius 2 is 1.57 bits per heavy atom. The molecule has 1 aliphatic rings. The van der Waals surface area contributed by atoms with Gasteiger partial charge in [0.25, 0.3) is 0 Å². The number of carbonyl (C=O) groups is 3. The summed E-state index contributed by atoms with van der Waals surface area (Å²) >= 11 is 0. The molecule has 0 aromatic carbocycles. The Morgan fingerprint density at radius 1 is 0.914 bits per heavy atom. The molecule has 1 heterocycles. The van der Waals surface area contributed by atoms with E-state index in [1.165, 1.54) is 38.5 Å². The van der Waals surface area contributed by atoms with E-state index in [2.05, 4.69) is 38.2 Å². The lowest BCUT2D eigenvalue weighted by Gasteiger charge is -2.24. The molecule has 5 nitrogen and oxygen atoms in total. The number of unbranched alkanes of at least 4 members (excludes halogenated alkanes) is 10. The molecule has 1 aliphatic heterocycles. The van der Waals surface area contributed by atoms with Crippen LogP contribution in [0.15, 0.2) is 24.3 Å². The molecule has 0 aromatic heterocycles. The number of rotatable bonds is 22. The largest absolute Gasteiger partial charge is 0.481 e. The summed E-state index contributed by atoms with van der Waals surface area (Å²) < 4.78 is 4.91. The SMILES string of the molecule is CCCCC/C=C/CC(/C=C/CCCCC)CC(CCCCCCCC(=O)O)C1CC(=O)OC1=O. The van der Waals surface area contributed by atoms with Gasteiger partial charge in [0, 0.05) is 6.42 Å². The van der Waals surface area contributed by atoms with Gasteiger partial charge in [-0.05, 0) is 63.2 Å². The third kappa shape index (κ3) is 15.6. The van der Waals surface area contributed by atoms with Gasteiger partial charge in [-0.15, -0.1) is 0 Å². The lowest BCUT2D eigenvalue weighted by atomic mass is 9.79. The smallest absolute Gasteiger partial charge is 0.317 e. The second-order valence-electron chi connectivity index (χ2n) is 10.2. The van der Waals surface area contributed by atoms with Crippen LogP contribution in [0.25, 0.3) is 0 Å². The maximum Gasteiger partial charge on any atom is 0.317 e. The number of aliphatic carboxylic acids is 1. The predicted molar refractivity (Wildman–Crippen MR) is 142 cm³/mol. The molecule has 3 unspecified atom stereocenters. The summed E-state index contributed by atoms with van der Waals surface area (Å²) in [4.78, 5) is 34.9. The fourth-order valence-corrected chi connectivity index (χ4v) is 4.89. The summed E-state index contributed by atoms with van der Waals surface area (Å²) in [5.41, 5.74) is 0. The van der Waals surface area contributed by atoms with Crippen molar-refractivity contribution in [3.63, 3.8) is 0 Å². The van der Waals surface area contributed by atoms with Crippen LogP contribution in [-0.4, -0.2) is 23.0 Å². The van der Waals surface area contributed by atoms with Gasteiger partial charge in [0.2, 0.25) is 0 Å². The third-order valence-corrected chi connectivity index (χ3v) is 7.01. The minimum Gasteiger partial charge on any atom is -0.481 e. The molecule has 5 heteroatoms. The quantitative estimate of drug-likeness (QED) is 0.0716. The monoisotopic (exact) mass is 490 g/mol. The molecular weight excluding hydrogens is 440 g/mol. The highest BCUT2D eigenvalue weighted by molar-refractivity contribution is 5.94. The molecule has 1 saturated heterocycles. The van der Waals surface area contributed by atoms with Gasteiger partial charge in [0.1, 0.15) is 0 Å². The summed E-state index contributed by atoms with van der Waals surface area (Å²) in [6, 6.07) is 0. The summed E-state index contributed by atoms with van der Waals surface area (Å²) in [6.45, 7) is 4.44. The number of cyclic esters (lactones) is 2. The van der Waals surface area contributed by atoms with Crippen LogP contribution >= 0.6 is 0 Å². The first kappa shape index (κ1) is 31.1. The van der Waals surface area contributed by atoms with E-state index in [1.54, 1.807) is 0 Å². The molecule has 0 radical (unpaired) electrons. The van der Waals surface area contributed by atoms with Crippen molar-refractivity contribution in [3.8, 4) is 0 Å². The Labute approximate surface area is 213 Å². The summed E-state index contributed by atoms with van der Waals surface area (Å²) in [6.07, 6.45) is 26.8. The number of carbonyl (C=O) groups excluding carboxylic acids is 2. The third-order valence-electron chi connectivity index (χ3n) is 7.01. The van der Waals surface area contributed by atoms with E-state index in [-0.39, 0.29) is 36.6 Å². The molecule has 3 atom stereocenters. The average Bonchev–Trinajstić information content (AvgIpc) is 3.16. The number of esters is 2. The van der Waals surface area contributed by atoms with E-state index < -0.39 is 5.97 Å². The van der Waals surface area contributed by atoms with Crippen molar-refractivity contribution in [2.24, 2.45) is 17.8 Å². The Hall–Kier alpha value is -1.91. The number of carboxylic acids is 1. The maximum atomic E-state index is 12.4. The molecule has 0 spiro atoms. The number of allylic oxidation sites excluding steroid dienone is 4. The first-order valence-electron chi connectivity index (χ1n) is 14.3. The van der Waals surface area contributed by atoms with Crippen LogP contribution in [0.3, 0.4) is 0 Å². The lowest BCUT2D eigenvalue weighted by molar-refractivity contribution is -0.153. The fourth-order valence-electron chi connectivity index (χ4n) is 4.89. The van der Waals surface area contributed by atoms with Crippen molar-refractivity contribution >= 4 is 17.9 Å².